The standard InChI is InChI=1S/C16H20N4O4S/c1-3-16(2)14(23)20(15(24)19-16)7-10(21)18-13-11(12(17)22)8-5-4-6-9(8)25-13/h3-7H2,1-2H3,(H2,17,22)(H,18,21)(H,19,24)/t16-/m1/s1. The van der Waals surface area contributed by atoms with Crippen molar-refractivity contribution in [2.75, 3.05) is 11.9 Å². The largest absolute Gasteiger partial charge is 0.365 e. The molecular formula is C16H20N4O4S. The molecule has 0 unspecified atom stereocenters. The van der Waals surface area contributed by atoms with E-state index in [0.29, 0.717) is 17.0 Å². The smallest absolute Gasteiger partial charge is 0.325 e. The van der Waals surface area contributed by atoms with Crippen molar-refractivity contribution in [2.24, 2.45) is 5.73 Å². The third kappa shape index (κ3) is 2.88. The molecule has 134 valence electrons. The number of thiophene rings is 1. The lowest BCUT2D eigenvalue weighted by atomic mass is 9.99. The van der Waals surface area contributed by atoms with Crippen molar-refractivity contribution in [2.45, 2.75) is 45.1 Å². The SMILES string of the molecule is CC[C@@]1(C)NC(=O)N(CC(=O)Nc2sc3c(c2C(N)=O)CCC3)C1=O. The maximum Gasteiger partial charge on any atom is 0.325 e. The van der Waals surface area contributed by atoms with Gasteiger partial charge in [-0.2, -0.15) is 0 Å². The fourth-order valence-corrected chi connectivity index (χ4v) is 4.50. The van der Waals surface area contributed by atoms with E-state index in [1.165, 1.54) is 11.3 Å². The molecule has 8 nitrogen and oxygen atoms in total. The third-order valence-corrected chi connectivity index (χ3v) is 5.98. The number of anilines is 1. The number of urea groups is 1. The van der Waals surface area contributed by atoms with Crippen molar-refractivity contribution in [3.63, 3.8) is 0 Å². The van der Waals surface area contributed by atoms with Gasteiger partial charge in [0.1, 0.15) is 17.1 Å². The summed E-state index contributed by atoms with van der Waals surface area (Å²) in [5.41, 5.74) is 5.72. The number of primary amides is 1. The molecule has 0 spiro atoms. The number of carbonyl (C=O) groups is 4. The van der Waals surface area contributed by atoms with Gasteiger partial charge in [0.2, 0.25) is 5.91 Å². The number of rotatable bonds is 5. The Labute approximate surface area is 148 Å². The average molecular weight is 364 g/mol. The number of imide groups is 1. The molecule has 2 aliphatic rings. The maximum atomic E-state index is 12.3. The molecule has 1 aliphatic carbocycles. The molecule has 0 radical (unpaired) electrons. The second-order valence-corrected chi connectivity index (χ2v) is 7.59. The van der Waals surface area contributed by atoms with E-state index in [2.05, 4.69) is 10.6 Å². The van der Waals surface area contributed by atoms with Gasteiger partial charge in [0, 0.05) is 4.88 Å². The van der Waals surface area contributed by atoms with Crippen LogP contribution in [0.4, 0.5) is 9.80 Å². The summed E-state index contributed by atoms with van der Waals surface area (Å²) in [6.07, 6.45) is 3.02. The van der Waals surface area contributed by atoms with Gasteiger partial charge in [-0.05, 0) is 38.2 Å². The zero-order chi connectivity index (χ0) is 18.4. The van der Waals surface area contributed by atoms with E-state index >= 15 is 0 Å². The number of nitrogens with one attached hydrogen (secondary N) is 2. The molecule has 1 saturated heterocycles. The van der Waals surface area contributed by atoms with Crippen LogP contribution in [0.1, 0.15) is 47.5 Å². The van der Waals surface area contributed by atoms with Crippen molar-refractivity contribution in [1.29, 1.82) is 0 Å². The quantitative estimate of drug-likeness (QED) is 0.675. The van der Waals surface area contributed by atoms with Gasteiger partial charge in [0.25, 0.3) is 11.8 Å². The Bertz CT molecular complexity index is 787. The van der Waals surface area contributed by atoms with Crippen molar-refractivity contribution < 1.29 is 19.2 Å². The van der Waals surface area contributed by atoms with Gasteiger partial charge < -0.3 is 16.4 Å². The topological polar surface area (TPSA) is 122 Å². The maximum absolute atomic E-state index is 12.3. The minimum atomic E-state index is -0.986. The molecule has 0 saturated carbocycles. The van der Waals surface area contributed by atoms with Gasteiger partial charge in [0.15, 0.2) is 0 Å². The molecule has 0 bridgehead atoms. The Morgan fingerprint density at radius 1 is 1.36 bits per heavy atom. The zero-order valence-corrected chi connectivity index (χ0v) is 14.9. The Morgan fingerprint density at radius 3 is 2.68 bits per heavy atom. The summed E-state index contributed by atoms with van der Waals surface area (Å²) in [5.74, 6) is -1.55. The lowest BCUT2D eigenvalue weighted by Crippen LogP contribution is -2.44. The van der Waals surface area contributed by atoms with Crippen LogP contribution in [0.15, 0.2) is 0 Å². The highest BCUT2D eigenvalue weighted by Gasteiger charge is 2.47. The monoisotopic (exact) mass is 364 g/mol. The van der Waals surface area contributed by atoms with Crippen LogP contribution in [0.25, 0.3) is 0 Å². The van der Waals surface area contributed by atoms with Gasteiger partial charge >= 0.3 is 6.03 Å². The van der Waals surface area contributed by atoms with Gasteiger partial charge in [0.05, 0.1) is 5.56 Å². The van der Waals surface area contributed by atoms with Crippen LogP contribution in [0, 0.1) is 0 Å². The summed E-state index contributed by atoms with van der Waals surface area (Å²) in [4.78, 5) is 50.3. The first-order chi connectivity index (χ1) is 11.8. The highest BCUT2D eigenvalue weighted by molar-refractivity contribution is 7.17. The number of amides is 5. The second kappa shape index (κ2) is 6.14. The molecule has 5 amide bonds. The van der Waals surface area contributed by atoms with Crippen LogP contribution in [-0.4, -0.2) is 40.7 Å². The van der Waals surface area contributed by atoms with Gasteiger partial charge in [-0.3, -0.25) is 19.3 Å². The predicted octanol–water partition coefficient (Wildman–Crippen LogP) is 0.995. The first-order valence-corrected chi connectivity index (χ1v) is 8.96. The molecule has 0 aromatic carbocycles. The fraction of sp³-hybridized carbons (Fsp3) is 0.500. The number of carbonyl (C=O) groups excluding carboxylic acids is 4. The molecule has 1 atom stereocenters. The fourth-order valence-electron chi connectivity index (χ4n) is 3.19. The van der Waals surface area contributed by atoms with Gasteiger partial charge in [-0.1, -0.05) is 6.92 Å². The van der Waals surface area contributed by atoms with Crippen molar-refractivity contribution in [3.05, 3.63) is 16.0 Å². The van der Waals surface area contributed by atoms with Crippen LogP contribution < -0.4 is 16.4 Å². The van der Waals surface area contributed by atoms with Crippen LogP contribution in [0.3, 0.4) is 0 Å². The van der Waals surface area contributed by atoms with E-state index in [0.717, 1.165) is 34.6 Å². The number of fused-ring (bicyclic) bond motifs is 1. The molecule has 1 fully saturated rings. The van der Waals surface area contributed by atoms with E-state index in [4.69, 9.17) is 5.73 Å². The van der Waals surface area contributed by atoms with Crippen molar-refractivity contribution in [3.8, 4) is 0 Å². The number of hydrogen-bond donors (Lipinski definition) is 3. The minimum Gasteiger partial charge on any atom is -0.365 e. The van der Waals surface area contributed by atoms with Gasteiger partial charge in [-0.15, -0.1) is 11.3 Å². The summed E-state index contributed by atoms with van der Waals surface area (Å²) in [6, 6.07) is -0.590. The molecule has 1 aromatic heterocycles. The lowest BCUT2D eigenvalue weighted by molar-refractivity contribution is -0.133. The van der Waals surface area contributed by atoms with E-state index in [-0.39, 0.29) is 0 Å². The molecule has 1 aromatic rings. The Kier molecular flexibility index (Phi) is 4.28. The Hall–Kier alpha value is -2.42. The van der Waals surface area contributed by atoms with Crippen LogP contribution in [0.2, 0.25) is 0 Å². The first kappa shape index (κ1) is 17.4. The molecule has 1 aliphatic heterocycles. The highest BCUT2D eigenvalue weighted by Crippen LogP contribution is 2.38. The zero-order valence-electron chi connectivity index (χ0n) is 14.1. The highest BCUT2D eigenvalue weighted by atomic mass is 32.1. The molecule has 25 heavy (non-hydrogen) atoms. The summed E-state index contributed by atoms with van der Waals surface area (Å²) in [5, 5.41) is 5.63. The van der Waals surface area contributed by atoms with Crippen molar-refractivity contribution in [1.82, 2.24) is 10.2 Å². The molecule has 9 heteroatoms. The van der Waals surface area contributed by atoms with Crippen LogP contribution in [0.5, 0.6) is 0 Å². The lowest BCUT2D eigenvalue weighted by Gasteiger charge is -2.19. The number of hydrogen-bond acceptors (Lipinski definition) is 5. The number of aryl methyl sites for hydroxylation is 1. The predicted molar refractivity (Wildman–Crippen MR) is 92.4 cm³/mol. The Balaban J connectivity index is 1.75. The third-order valence-electron chi connectivity index (χ3n) is 4.77. The van der Waals surface area contributed by atoms with E-state index < -0.39 is 35.8 Å². The molecule has 3 rings (SSSR count). The summed E-state index contributed by atoms with van der Waals surface area (Å²) >= 11 is 1.33. The molecular weight excluding hydrogens is 344 g/mol. The van der Waals surface area contributed by atoms with E-state index in [1.807, 2.05) is 0 Å². The number of nitrogens with zero attached hydrogens (tertiary/aromatic N) is 1. The van der Waals surface area contributed by atoms with Crippen molar-refractivity contribution >= 4 is 40.1 Å². The van der Waals surface area contributed by atoms with Gasteiger partial charge in [-0.25, -0.2) is 4.79 Å². The normalized spacial score (nSPS) is 22.1. The number of nitrogens with two attached hydrogens (primary N) is 1. The second-order valence-electron chi connectivity index (χ2n) is 6.48. The molecule has 4 N–H and O–H groups in total. The van der Waals surface area contributed by atoms with E-state index in [9.17, 15) is 19.2 Å². The minimum absolute atomic E-state index is 0.349. The van der Waals surface area contributed by atoms with E-state index in [1.54, 1.807) is 13.8 Å². The first-order valence-electron chi connectivity index (χ1n) is 8.15. The Morgan fingerprint density at radius 2 is 2.08 bits per heavy atom. The summed E-state index contributed by atoms with van der Waals surface area (Å²) in [6.45, 7) is 3.01. The summed E-state index contributed by atoms with van der Waals surface area (Å²) in [7, 11) is 0. The molecule has 2 heterocycles. The van der Waals surface area contributed by atoms with Crippen LogP contribution in [-0.2, 0) is 22.4 Å². The summed E-state index contributed by atoms with van der Waals surface area (Å²) < 4.78 is 0. The van der Waals surface area contributed by atoms with Crippen LogP contribution >= 0.6 is 11.3 Å². The average Bonchev–Trinajstić information content (AvgIpc) is 3.16.